The van der Waals surface area contributed by atoms with Gasteiger partial charge in [0.05, 0.1) is 34.0 Å². The number of hydrogen-bond donors (Lipinski definition) is 0. The smallest absolute Gasteiger partial charge is 0.188 e. The van der Waals surface area contributed by atoms with E-state index in [-0.39, 0.29) is 0 Å². The lowest BCUT2D eigenvalue weighted by Gasteiger charge is -2.13. The first-order valence-electron chi connectivity index (χ1n) is 13.5. The number of nitrogens with zero attached hydrogens (tertiary/aromatic N) is 4. The summed E-state index contributed by atoms with van der Waals surface area (Å²) >= 11 is 0. The van der Waals surface area contributed by atoms with Gasteiger partial charge >= 0.3 is 0 Å². The Morgan fingerprint density at radius 2 is 1.32 bits per heavy atom. The Bertz CT molecular complexity index is 2560. The Morgan fingerprint density at radius 1 is 0.585 bits per heavy atom. The maximum absolute atomic E-state index is 7.54. The average molecular weight is 525 g/mol. The molecule has 4 aromatic heterocycles. The van der Waals surface area contributed by atoms with Gasteiger partial charge in [-0.15, -0.1) is 0 Å². The summed E-state index contributed by atoms with van der Waals surface area (Å²) in [5.74, 6) is 0. The van der Waals surface area contributed by atoms with Crippen molar-refractivity contribution in [2.24, 2.45) is 0 Å². The molecule has 0 aliphatic heterocycles. The molecule has 5 aromatic carbocycles. The van der Waals surface area contributed by atoms with E-state index >= 15 is 0 Å². The third kappa shape index (κ3) is 2.96. The Morgan fingerprint density at radius 3 is 2.15 bits per heavy atom. The van der Waals surface area contributed by atoms with E-state index in [0.29, 0.717) is 5.69 Å². The van der Waals surface area contributed by atoms with Crippen LogP contribution in [0.3, 0.4) is 0 Å². The van der Waals surface area contributed by atoms with Crippen molar-refractivity contribution < 1.29 is 4.42 Å². The zero-order valence-corrected chi connectivity index (χ0v) is 21.7. The molecule has 9 aromatic rings. The largest absolute Gasteiger partial charge is 0.454 e. The van der Waals surface area contributed by atoms with Crippen LogP contribution in [0.4, 0.5) is 5.69 Å². The van der Waals surface area contributed by atoms with Crippen LogP contribution in [0.15, 0.2) is 126 Å². The molecule has 0 bridgehead atoms. The Hall–Kier alpha value is -5.86. The zero-order chi connectivity index (χ0) is 27.1. The quantitative estimate of drug-likeness (QED) is 0.211. The molecule has 9 rings (SSSR count). The Labute approximate surface area is 233 Å². The van der Waals surface area contributed by atoms with Crippen molar-refractivity contribution >= 4 is 71.4 Å². The van der Waals surface area contributed by atoms with Crippen molar-refractivity contribution in [3.05, 3.63) is 133 Å². The van der Waals surface area contributed by atoms with Gasteiger partial charge in [-0.05, 0) is 72.1 Å². The summed E-state index contributed by atoms with van der Waals surface area (Å²) in [7, 11) is 0. The summed E-state index contributed by atoms with van der Waals surface area (Å²) < 4.78 is 10.9. The van der Waals surface area contributed by atoms with Gasteiger partial charge in [0.1, 0.15) is 11.1 Å². The van der Waals surface area contributed by atoms with Gasteiger partial charge in [0, 0.05) is 33.7 Å². The summed E-state index contributed by atoms with van der Waals surface area (Å²) in [6.45, 7) is 7.54. The predicted octanol–water partition coefficient (Wildman–Crippen LogP) is 9.73. The highest BCUT2D eigenvalue weighted by Crippen LogP contribution is 2.41. The van der Waals surface area contributed by atoms with E-state index in [1.165, 1.54) is 5.39 Å². The second kappa shape index (κ2) is 8.08. The number of para-hydroxylation sites is 2. The fraction of sp³-hybridized carbons (Fsp3) is 0. The summed E-state index contributed by atoms with van der Waals surface area (Å²) in [4.78, 5) is 8.41. The van der Waals surface area contributed by atoms with E-state index in [1.54, 1.807) is 0 Å². The van der Waals surface area contributed by atoms with E-state index in [9.17, 15) is 0 Å². The molecule has 0 saturated carbocycles. The number of hydrogen-bond acceptors (Lipinski definition) is 2. The minimum atomic E-state index is 0.643. The molecule has 0 aliphatic carbocycles. The first-order valence-corrected chi connectivity index (χ1v) is 13.5. The van der Waals surface area contributed by atoms with E-state index in [4.69, 9.17) is 16.0 Å². The molecule has 5 nitrogen and oxygen atoms in total. The topological polar surface area (TPSA) is 40.2 Å². The van der Waals surface area contributed by atoms with Crippen molar-refractivity contribution in [2.75, 3.05) is 0 Å². The van der Waals surface area contributed by atoms with Gasteiger partial charge in [-0.2, -0.15) is 0 Å². The van der Waals surface area contributed by atoms with Crippen molar-refractivity contribution in [3.8, 4) is 11.4 Å². The van der Waals surface area contributed by atoms with Crippen molar-refractivity contribution in [2.45, 2.75) is 0 Å². The van der Waals surface area contributed by atoms with Crippen LogP contribution in [0.5, 0.6) is 0 Å². The Balaban J connectivity index is 1.40. The van der Waals surface area contributed by atoms with Crippen LogP contribution in [-0.4, -0.2) is 14.1 Å². The van der Waals surface area contributed by atoms with Crippen LogP contribution in [0.25, 0.3) is 81.9 Å². The minimum absolute atomic E-state index is 0.643. The maximum Gasteiger partial charge on any atom is 0.188 e. The molecule has 4 heterocycles. The number of pyridine rings is 1. The summed E-state index contributed by atoms with van der Waals surface area (Å²) in [5, 5.41) is 5.57. The van der Waals surface area contributed by atoms with Gasteiger partial charge in [0.25, 0.3) is 0 Å². The third-order valence-corrected chi connectivity index (χ3v) is 8.16. The molecule has 41 heavy (non-hydrogen) atoms. The third-order valence-electron chi connectivity index (χ3n) is 8.16. The van der Waals surface area contributed by atoms with Crippen LogP contribution in [-0.2, 0) is 0 Å². The number of aromatic nitrogens is 3. The number of rotatable bonds is 2. The highest BCUT2D eigenvalue weighted by atomic mass is 16.3. The SMILES string of the molecule is [C-]#[N+]c1ccc2c(c1)c1ccccc1n2-c1cccc(-n2c3ccccc3c3ccc4oc5cccnc5c4c32)c1. The molecular weight excluding hydrogens is 504 g/mol. The van der Waals surface area contributed by atoms with Crippen LogP contribution in [0, 0.1) is 6.57 Å². The molecule has 190 valence electrons. The average Bonchev–Trinajstić information content (AvgIpc) is 3.68. The molecule has 0 atom stereocenters. The van der Waals surface area contributed by atoms with Gasteiger partial charge in [0.15, 0.2) is 11.3 Å². The number of fused-ring (bicyclic) bond motifs is 10. The van der Waals surface area contributed by atoms with Crippen molar-refractivity contribution in [1.82, 2.24) is 14.1 Å². The van der Waals surface area contributed by atoms with Crippen LogP contribution >= 0.6 is 0 Å². The molecule has 5 heteroatoms. The lowest BCUT2D eigenvalue weighted by Crippen LogP contribution is -1.98. The maximum atomic E-state index is 7.54. The molecule has 0 unspecified atom stereocenters. The monoisotopic (exact) mass is 524 g/mol. The molecule has 0 N–H and O–H groups in total. The predicted molar refractivity (Wildman–Crippen MR) is 166 cm³/mol. The van der Waals surface area contributed by atoms with Crippen molar-refractivity contribution in [1.29, 1.82) is 0 Å². The molecule has 0 radical (unpaired) electrons. The van der Waals surface area contributed by atoms with Gasteiger partial charge in [-0.1, -0.05) is 48.5 Å². The fourth-order valence-electron chi connectivity index (χ4n) is 6.48. The van der Waals surface area contributed by atoms with E-state index in [2.05, 4.69) is 105 Å². The summed E-state index contributed by atoms with van der Waals surface area (Å²) in [6, 6.07) is 39.7. The van der Waals surface area contributed by atoms with Crippen LogP contribution < -0.4 is 0 Å². The first kappa shape index (κ1) is 22.0. The molecule has 0 spiro atoms. The zero-order valence-electron chi connectivity index (χ0n) is 21.7. The number of furan rings is 1. The van der Waals surface area contributed by atoms with E-state index in [1.807, 2.05) is 30.5 Å². The van der Waals surface area contributed by atoms with Gasteiger partial charge in [0.2, 0.25) is 0 Å². The highest BCUT2D eigenvalue weighted by Gasteiger charge is 2.20. The molecule has 0 saturated heterocycles. The van der Waals surface area contributed by atoms with Crippen LogP contribution in [0.2, 0.25) is 0 Å². The normalized spacial score (nSPS) is 11.9. The van der Waals surface area contributed by atoms with Gasteiger partial charge in [-0.3, -0.25) is 4.98 Å². The lowest BCUT2D eigenvalue weighted by atomic mass is 10.1. The fourth-order valence-corrected chi connectivity index (χ4v) is 6.48. The van der Waals surface area contributed by atoms with E-state index < -0.39 is 0 Å². The first-order chi connectivity index (χ1) is 20.3. The Kier molecular flexibility index (Phi) is 4.33. The molecule has 0 aliphatic rings. The van der Waals surface area contributed by atoms with Crippen LogP contribution in [0.1, 0.15) is 0 Å². The lowest BCUT2D eigenvalue weighted by molar-refractivity contribution is 0.668. The van der Waals surface area contributed by atoms with Crippen molar-refractivity contribution in [3.63, 3.8) is 0 Å². The highest BCUT2D eigenvalue weighted by molar-refractivity contribution is 6.23. The van der Waals surface area contributed by atoms with Gasteiger partial charge in [-0.25, -0.2) is 4.85 Å². The second-order valence-electron chi connectivity index (χ2n) is 10.3. The molecule has 0 fully saturated rings. The summed E-state index contributed by atoms with van der Waals surface area (Å²) in [6.07, 6.45) is 1.82. The molecular formula is C36H20N4O. The standard InChI is InChI=1S/C36H20N4O/c1-37-22-15-17-31-28(20-22)26-11-3-4-12-29(26)39(31)23-8-6-9-24(21-23)40-30-13-5-2-10-25(30)27-16-18-32-34(36(27)40)35-33(41-32)14-7-19-38-35/h2-21H. The van der Waals surface area contributed by atoms with E-state index in [0.717, 1.165) is 71.7 Å². The minimum Gasteiger partial charge on any atom is -0.454 e. The number of benzene rings is 5. The second-order valence-corrected chi connectivity index (χ2v) is 10.3. The molecule has 0 amide bonds. The van der Waals surface area contributed by atoms with Gasteiger partial charge < -0.3 is 13.6 Å². The summed E-state index contributed by atoms with van der Waals surface area (Å²) in [5.41, 5.74) is 9.61.